The fourth-order valence-corrected chi connectivity index (χ4v) is 5.73. The van der Waals surface area contributed by atoms with Crippen molar-refractivity contribution in [3.63, 3.8) is 0 Å². The van der Waals surface area contributed by atoms with E-state index in [-0.39, 0.29) is 47.6 Å². The molecule has 4 N–H and O–H groups in total. The number of alkyl carbamates (subject to hydrolysis) is 1. The van der Waals surface area contributed by atoms with Crippen molar-refractivity contribution in [1.82, 2.24) is 9.88 Å². The zero-order chi connectivity index (χ0) is 35.0. The lowest BCUT2D eigenvalue weighted by atomic mass is 9.97. The summed E-state index contributed by atoms with van der Waals surface area (Å²) in [5, 5.41) is 25.5. The van der Waals surface area contributed by atoms with Gasteiger partial charge in [0.1, 0.15) is 17.4 Å². The summed E-state index contributed by atoms with van der Waals surface area (Å²) in [6.45, 7) is 6.40. The number of carbonyl (C=O) groups is 2. The first-order valence-corrected chi connectivity index (χ1v) is 15.4. The number of aromatic nitrogens is 1. The van der Waals surface area contributed by atoms with Gasteiger partial charge in [-0.05, 0) is 86.9 Å². The van der Waals surface area contributed by atoms with Crippen LogP contribution in [0.25, 0.3) is 5.69 Å². The smallest absolute Gasteiger partial charge is 0.418 e. The van der Waals surface area contributed by atoms with Crippen LogP contribution in [-0.4, -0.2) is 39.0 Å². The van der Waals surface area contributed by atoms with Crippen LogP contribution in [0.3, 0.4) is 0 Å². The lowest BCUT2D eigenvalue weighted by Crippen LogP contribution is -2.32. The minimum Gasteiger partial charge on any atom is -0.444 e. The van der Waals surface area contributed by atoms with E-state index in [1.807, 2.05) is 6.07 Å². The Morgan fingerprint density at radius 2 is 1.73 bits per heavy atom. The van der Waals surface area contributed by atoms with Crippen molar-refractivity contribution >= 4 is 17.7 Å². The summed E-state index contributed by atoms with van der Waals surface area (Å²) < 4.78 is 64.4. The second kappa shape index (κ2) is 13.4. The number of alkyl halides is 3. The summed E-state index contributed by atoms with van der Waals surface area (Å²) in [4.78, 5) is 25.7. The van der Waals surface area contributed by atoms with Crippen molar-refractivity contribution in [2.45, 2.75) is 64.5 Å². The molecule has 5 rings (SSSR count). The molecule has 3 aromatic carbocycles. The normalized spacial score (nSPS) is 16.7. The molecule has 1 aliphatic rings. The lowest BCUT2D eigenvalue weighted by Gasteiger charge is -2.20. The average molecular weight is 668 g/mol. The number of carbonyl (C=O) groups excluding carboxylic acids is 2. The molecule has 1 aromatic heterocycles. The number of hydrogen-bond donors (Lipinski definition) is 4. The third-order valence-electron chi connectivity index (χ3n) is 8.17. The van der Waals surface area contributed by atoms with E-state index in [9.17, 15) is 33.0 Å². The van der Waals surface area contributed by atoms with Gasteiger partial charge in [0, 0.05) is 30.1 Å². The molecule has 0 bridgehead atoms. The molecule has 1 aliphatic carbocycles. The van der Waals surface area contributed by atoms with Gasteiger partial charge in [-0.2, -0.15) is 13.2 Å². The highest BCUT2D eigenvalue weighted by atomic mass is 19.4. The van der Waals surface area contributed by atoms with Crippen molar-refractivity contribution < 1.29 is 42.1 Å². The summed E-state index contributed by atoms with van der Waals surface area (Å²) in [5.74, 6) is -1.66. The lowest BCUT2D eigenvalue weighted by molar-refractivity contribution is -0.138. The first-order valence-electron chi connectivity index (χ1n) is 15.4. The van der Waals surface area contributed by atoms with Crippen LogP contribution in [-0.2, 0) is 17.5 Å². The van der Waals surface area contributed by atoms with E-state index >= 15 is 4.39 Å². The molecular weight excluding hydrogens is 630 g/mol. The predicted molar refractivity (Wildman–Crippen MR) is 171 cm³/mol. The zero-order valence-corrected chi connectivity index (χ0v) is 26.9. The Morgan fingerprint density at radius 3 is 2.40 bits per heavy atom. The SMILES string of the molecule is Cc1c(C(F)(F)F)cc(C(=O)Nc2cccc(C(O)c3cccc(C4CC4CO)c3)c2F)n1-c1cccc(CNC(=O)OC(C)(C)C)c1. The molecule has 8 nitrogen and oxygen atoms in total. The minimum atomic E-state index is -4.79. The number of nitrogens with zero attached hydrogens (tertiary/aromatic N) is 1. The van der Waals surface area contributed by atoms with Gasteiger partial charge in [-0.15, -0.1) is 0 Å². The Bertz CT molecular complexity index is 1830. The van der Waals surface area contributed by atoms with E-state index in [0.29, 0.717) is 17.2 Å². The largest absolute Gasteiger partial charge is 0.444 e. The van der Waals surface area contributed by atoms with E-state index < -0.39 is 47.0 Å². The highest BCUT2D eigenvalue weighted by Crippen LogP contribution is 2.47. The number of nitrogens with one attached hydrogen (secondary N) is 2. The van der Waals surface area contributed by atoms with Crippen molar-refractivity contribution in [1.29, 1.82) is 0 Å². The zero-order valence-electron chi connectivity index (χ0n) is 26.9. The molecule has 0 saturated heterocycles. The Hall–Kier alpha value is -4.68. The second-order valence-electron chi connectivity index (χ2n) is 12.9. The summed E-state index contributed by atoms with van der Waals surface area (Å²) >= 11 is 0. The standard InChI is InChI=1S/C36H37F4N3O5/c1-20-28(36(38,39)40)17-30(43(20)25-11-5-8-21(14-25)18-41-34(47)48-35(2,3)4)33(46)42-29-13-7-12-26(31(29)37)32(45)23-10-6-9-22(15-23)27-16-24(27)19-44/h5-15,17,24,27,32,44-45H,16,18-19H2,1-4H3,(H,41,47)(H,42,46). The first-order chi connectivity index (χ1) is 22.6. The van der Waals surface area contributed by atoms with Gasteiger partial charge in [0.2, 0.25) is 0 Å². The molecule has 1 fully saturated rings. The maximum atomic E-state index is 15.8. The van der Waals surface area contributed by atoms with Crippen LogP contribution >= 0.6 is 0 Å². The van der Waals surface area contributed by atoms with Crippen LogP contribution in [0.5, 0.6) is 0 Å². The van der Waals surface area contributed by atoms with Crippen LogP contribution in [0.4, 0.5) is 28.0 Å². The van der Waals surface area contributed by atoms with E-state index in [4.69, 9.17) is 4.74 Å². The molecule has 0 radical (unpaired) electrons. The number of ether oxygens (including phenoxy) is 1. The highest BCUT2D eigenvalue weighted by molar-refractivity contribution is 6.04. The van der Waals surface area contributed by atoms with Crippen LogP contribution in [0.2, 0.25) is 0 Å². The number of amides is 2. The molecule has 254 valence electrons. The molecule has 4 aromatic rings. The molecule has 1 saturated carbocycles. The van der Waals surface area contributed by atoms with Crippen LogP contribution in [0.15, 0.2) is 72.8 Å². The maximum Gasteiger partial charge on any atom is 0.418 e. The fraction of sp³-hybridized carbons (Fsp3) is 0.333. The Balaban J connectivity index is 1.43. The van der Waals surface area contributed by atoms with Crippen molar-refractivity contribution in [3.8, 4) is 5.69 Å². The quantitative estimate of drug-likeness (QED) is 0.139. The van der Waals surface area contributed by atoms with E-state index in [2.05, 4.69) is 10.6 Å². The van der Waals surface area contributed by atoms with Gasteiger partial charge in [0.05, 0.1) is 11.3 Å². The van der Waals surface area contributed by atoms with Gasteiger partial charge in [-0.3, -0.25) is 4.79 Å². The Morgan fingerprint density at radius 1 is 1.02 bits per heavy atom. The number of hydrogen-bond acceptors (Lipinski definition) is 5. The van der Waals surface area contributed by atoms with Gasteiger partial charge in [0.15, 0.2) is 5.82 Å². The third-order valence-corrected chi connectivity index (χ3v) is 8.17. The summed E-state index contributed by atoms with van der Waals surface area (Å²) in [5.41, 5.74) is -0.850. The van der Waals surface area contributed by atoms with Gasteiger partial charge in [-0.1, -0.05) is 48.5 Å². The monoisotopic (exact) mass is 667 g/mol. The van der Waals surface area contributed by atoms with E-state index in [1.165, 1.54) is 37.3 Å². The van der Waals surface area contributed by atoms with Gasteiger partial charge in [0.25, 0.3) is 5.91 Å². The van der Waals surface area contributed by atoms with Gasteiger partial charge < -0.3 is 30.2 Å². The Kier molecular flexibility index (Phi) is 9.70. The molecule has 3 unspecified atom stereocenters. The van der Waals surface area contributed by atoms with Crippen molar-refractivity contribution in [2.75, 3.05) is 11.9 Å². The number of aliphatic hydroxyl groups excluding tert-OH is 2. The molecule has 48 heavy (non-hydrogen) atoms. The van der Waals surface area contributed by atoms with Crippen molar-refractivity contribution in [2.24, 2.45) is 5.92 Å². The Labute approximate surface area is 275 Å². The average Bonchev–Trinajstić information content (AvgIpc) is 3.73. The van der Waals surface area contributed by atoms with Gasteiger partial charge >= 0.3 is 12.3 Å². The van der Waals surface area contributed by atoms with E-state index in [1.54, 1.807) is 51.1 Å². The molecule has 3 atom stereocenters. The second-order valence-corrected chi connectivity index (χ2v) is 12.9. The fourth-order valence-electron chi connectivity index (χ4n) is 5.73. The number of benzene rings is 3. The summed E-state index contributed by atoms with van der Waals surface area (Å²) in [6, 6.07) is 18.0. The summed E-state index contributed by atoms with van der Waals surface area (Å²) in [7, 11) is 0. The highest BCUT2D eigenvalue weighted by Gasteiger charge is 2.38. The first kappa shape index (κ1) is 34.6. The maximum absolute atomic E-state index is 15.8. The number of aliphatic hydroxyl groups is 2. The topological polar surface area (TPSA) is 113 Å². The molecule has 0 spiro atoms. The third kappa shape index (κ3) is 7.71. The number of rotatable bonds is 9. The molecule has 0 aliphatic heterocycles. The summed E-state index contributed by atoms with van der Waals surface area (Å²) in [6.07, 6.45) is -6.05. The number of anilines is 1. The van der Waals surface area contributed by atoms with E-state index in [0.717, 1.165) is 16.6 Å². The molecule has 2 amide bonds. The van der Waals surface area contributed by atoms with Crippen LogP contribution < -0.4 is 10.6 Å². The number of halogens is 4. The molecular formula is C36H37F4N3O5. The van der Waals surface area contributed by atoms with Crippen LogP contribution in [0, 0.1) is 18.7 Å². The van der Waals surface area contributed by atoms with Crippen LogP contribution in [0.1, 0.15) is 83.2 Å². The predicted octanol–water partition coefficient (Wildman–Crippen LogP) is 7.40. The molecule has 12 heteroatoms. The minimum absolute atomic E-state index is 0.00262. The van der Waals surface area contributed by atoms with Gasteiger partial charge in [-0.25, -0.2) is 9.18 Å². The molecule has 1 heterocycles. The van der Waals surface area contributed by atoms with Crippen molar-refractivity contribution in [3.05, 3.63) is 118 Å².